The molecule has 0 radical (unpaired) electrons. The molecule has 2 N–H and O–H groups in total. The summed E-state index contributed by atoms with van der Waals surface area (Å²) >= 11 is 0. The number of nitrogens with one attached hydrogen (secondary N) is 2. The van der Waals surface area contributed by atoms with E-state index in [2.05, 4.69) is 43.2 Å². The molecule has 176 valence electrons. The van der Waals surface area contributed by atoms with Gasteiger partial charge in [-0.25, -0.2) is 4.79 Å². The Morgan fingerprint density at radius 1 is 1.13 bits per heavy atom. The van der Waals surface area contributed by atoms with Crippen LogP contribution in [0, 0.1) is 11.3 Å². The van der Waals surface area contributed by atoms with Crippen molar-refractivity contribution in [2.45, 2.75) is 97.1 Å². The Balaban J connectivity index is 1.49. The van der Waals surface area contributed by atoms with E-state index in [1.54, 1.807) is 0 Å². The first-order valence-corrected chi connectivity index (χ1v) is 12.4. The summed E-state index contributed by atoms with van der Waals surface area (Å²) in [6, 6.07) is -0.283. The third-order valence-electron chi connectivity index (χ3n) is 8.18. The molecule has 3 rings (SSSR count). The first kappa shape index (κ1) is 24.0. The molecule has 4 amide bonds. The Morgan fingerprint density at radius 3 is 2.35 bits per heavy atom. The molecule has 1 spiro atoms. The number of hydrogen-bond donors (Lipinski definition) is 2. The van der Waals surface area contributed by atoms with Gasteiger partial charge in [0.15, 0.2) is 0 Å². The number of urea groups is 1. The van der Waals surface area contributed by atoms with Crippen LogP contribution in [-0.2, 0) is 9.59 Å². The molecule has 0 aromatic carbocycles. The second-order valence-electron chi connectivity index (χ2n) is 10.6. The van der Waals surface area contributed by atoms with Gasteiger partial charge in [-0.2, -0.15) is 0 Å². The number of piperidine rings is 1. The van der Waals surface area contributed by atoms with Gasteiger partial charge in [0.25, 0.3) is 5.91 Å². The molecule has 0 bridgehead atoms. The molecule has 2 heterocycles. The minimum absolute atomic E-state index is 0.131. The van der Waals surface area contributed by atoms with E-state index in [1.807, 2.05) is 0 Å². The summed E-state index contributed by atoms with van der Waals surface area (Å²) in [7, 11) is 0. The zero-order chi connectivity index (χ0) is 22.6. The standard InChI is InChI=1S/C24H42N4O3/c1-5-7-14-27-15-10-19(11-16-27)25-20(29)17-28-21(30)24(26-22(28)31)12-8-18(9-13-24)23(3,4)6-2/h18-19H,5-17H2,1-4H3,(H,25,29)(H,26,31). The van der Waals surface area contributed by atoms with Crippen LogP contribution in [0.5, 0.6) is 0 Å². The predicted molar refractivity (Wildman–Crippen MR) is 122 cm³/mol. The molecule has 2 saturated heterocycles. The number of rotatable bonds is 8. The van der Waals surface area contributed by atoms with Crippen molar-refractivity contribution in [2.75, 3.05) is 26.2 Å². The predicted octanol–water partition coefficient (Wildman–Crippen LogP) is 3.28. The zero-order valence-corrected chi connectivity index (χ0v) is 20.0. The maximum Gasteiger partial charge on any atom is 0.325 e. The van der Waals surface area contributed by atoms with Crippen LogP contribution in [0.2, 0.25) is 0 Å². The molecule has 7 heteroatoms. The van der Waals surface area contributed by atoms with E-state index in [0.717, 1.165) is 56.6 Å². The largest absolute Gasteiger partial charge is 0.352 e. The Labute approximate surface area is 187 Å². The third kappa shape index (κ3) is 5.41. The van der Waals surface area contributed by atoms with Gasteiger partial charge in [-0.1, -0.05) is 40.5 Å². The van der Waals surface area contributed by atoms with Crippen molar-refractivity contribution in [2.24, 2.45) is 11.3 Å². The van der Waals surface area contributed by atoms with Gasteiger partial charge in [0.2, 0.25) is 5.91 Å². The van der Waals surface area contributed by atoms with E-state index in [0.29, 0.717) is 18.8 Å². The highest BCUT2D eigenvalue weighted by molar-refractivity contribution is 6.09. The summed E-state index contributed by atoms with van der Waals surface area (Å²) in [6.07, 6.45) is 8.56. The van der Waals surface area contributed by atoms with Gasteiger partial charge in [0, 0.05) is 19.1 Å². The molecule has 0 unspecified atom stereocenters. The monoisotopic (exact) mass is 434 g/mol. The molecule has 0 aromatic rings. The van der Waals surface area contributed by atoms with Crippen LogP contribution < -0.4 is 10.6 Å². The number of nitrogens with zero attached hydrogens (tertiary/aromatic N) is 2. The smallest absolute Gasteiger partial charge is 0.325 e. The third-order valence-corrected chi connectivity index (χ3v) is 8.18. The lowest BCUT2D eigenvalue weighted by Crippen LogP contribution is -2.51. The first-order chi connectivity index (χ1) is 14.7. The quantitative estimate of drug-likeness (QED) is 0.575. The SMILES string of the molecule is CCCCN1CCC(NC(=O)CN2C(=O)NC3(CCC(C(C)(C)CC)CC3)C2=O)CC1. The van der Waals surface area contributed by atoms with Gasteiger partial charge in [-0.05, 0) is 62.8 Å². The van der Waals surface area contributed by atoms with Crippen LogP contribution in [0.1, 0.15) is 85.5 Å². The molecule has 1 aliphatic carbocycles. The normalized spacial score (nSPS) is 28.3. The summed E-state index contributed by atoms with van der Waals surface area (Å²) in [5.41, 5.74) is -0.554. The fraction of sp³-hybridized carbons (Fsp3) is 0.875. The summed E-state index contributed by atoms with van der Waals surface area (Å²) < 4.78 is 0. The molecule has 3 fully saturated rings. The van der Waals surface area contributed by atoms with Crippen molar-refractivity contribution in [3.63, 3.8) is 0 Å². The van der Waals surface area contributed by atoms with E-state index < -0.39 is 11.6 Å². The van der Waals surface area contributed by atoms with E-state index in [1.165, 1.54) is 12.8 Å². The maximum atomic E-state index is 13.1. The molecule has 3 aliphatic rings. The summed E-state index contributed by atoms with van der Waals surface area (Å²) in [5, 5.41) is 5.99. The van der Waals surface area contributed by atoms with Gasteiger partial charge < -0.3 is 15.5 Å². The Morgan fingerprint density at radius 2 is 1.77 bits per heavy atom. The Hall–Kier alpha value is -1.63. The highest BCUT2D eigenvalue weighted by Gasteiger charge is 2.53. The molecule has 0 atom stereocenters. The van der Waals surface area contributed by atoms with E-state index in [4.69, 9.17) is 0 Å². The lowest BCUT2D eigenvalue weighted by atomic mass is 9.65. The van der Waals surface area contributed by atoms with Gasteiger partial charge >= 0.3 is 6.03 Å². The fourth-order valence-electron chi connectivity index (χ4n) is 5.44. The van der Waals surface area contributed by atoms with Crippen molar-refractivity contribution in [3.05, 3.63) is 0 Å². The number of unbranched alkanes of at least 4 members (excludes halogenated alkanes) is 1. The highest BCUT2D eigenvalue weighted by atomic mass is 16.2. The zero-order valence-electron chi connectivity index (χ0n) is 20.0. The van der Waals surface area contributed by atoms with Gasteiger partial charge in [-0.3, -0.25) is 14.5 Å². The lowest BCUT2D eigenvalue weighted by Gasteiger charge is -2.42. The first-order valence-electron chi connectivity index (χ1n) is 12.4. The number of imide groups is 1. The average molecular weight is 435 g/mol. The van der Waals surface area contributed by atoms with Crippen LogP contribution in [-0.4, -0.2) is 65.4 Å². The summed E-state index contributed by atoms with van der Waals surface area (Å²) in [4.78, 5) is 41.9. The number of hydrogen-bond acceptors (Lipinski definition) is 4. The average Bonchev–Trinajstić information content (AvgIpc) is 2.97. The number of carbonyl (C=O) groups is 3. The van der Waals surface area contributed by atoms with Gasteiger partial charge in [-0.15, -0.1) is 0 Å². The van der Waals surface area contributed by atoms with Crippen LogP contribution in [0.15, 0.2) is 0 Å². The fourth-order valence-corrected chi connectivity index (χ4v) is 5.44. The highest BCUT2D eigenvalue weighted by Crippen LogP contribution is 2.45. The summed E-state index contributed by atoms with van der Waals surface area (Å²) in [6.45, 7) is 11.9. The van der Waals surface area contributed by atoms with Gasteiger partial charge in [0.1, 0.15) is 12.1 Å². The molecular weight excluding hydrogens is 392 g/mol. The van der Waals surface area contributed by atoms with E-state index >= 15 is 0 Å². The second kappa shape index (κ2) is 9.88. The van der Waals surface area contributed by atoms with E-state index in [-0.39, 0.29) is 29.8 Å². The molecule has 1 saturated carbocycles. The number of likely N-dealkylation sites (tertiary alicyclic amines) is 1. The number of amides is 4. The van der Waals surface area contributed by atoms with Gasteiger partial charge in [0.05, 0.1) is 0 Å². The van der Waals surface area contributed by atoms with Crippen molar-refractivity contribution in [3.8, 4) is 0 Å². The van der Waals surface area contributed by atoms with Crippen molar-refractivity contribution >= 4 is 17.8 Å². The molecular formula is C24H42N4O3. The molecule has 2 aliphatic heterocycles. The molecule has 31 heavy (non-hydrogen) atoms. The van der Waals surface area contributed by atoms with Crippen LogP contribution in [0.25, 0.3) is 0 Å². The van der Waals surface area contributed by atoms with Crippen molar-refractivity contribution < 1.29 is 14.4 Å². The molecule has 0 aromatic heterocycles. The minimum atomic E-state index is -0.803. The van der Waals surface area contributed by atoms with Crippen molar-refractivity contribution in [1.82, 2.24) is 20.4 Å². The van der Waals surface area contributed by atoms with Crippen LogP contribution >= 0.6 is 0 Å². The second-order valence-corrected chi connectivity index (χ2v) is 10.6. The minimum Gasteiger partial charge on any atom is -0.352 e. The van der Waals surface area contributed by atoms with Crippen LogP contribution in [0.4, 0.5) is 4.79 Å². The maximum absolute atomic E-state index is 13.1. The van der Waals surface area contributed by atoms with E-state index in [9.17, 15) is 14.4 Å². The molecule has 7 nitrogen and oxygen atoms in total. The number of carbonyl (C=O) groups excluding carboxylic acids is 3. The lowest BCUT2D eigenvalue weighted by molar-refractivity contribution is -0.136. The van der Waals surface area contributed by atoms with Crippen LogP contribution in [0.3, 0.4) is 0 Å². The Kier molecular flexibility index (Phi) is 7.66. The van der Waals surface area contributed by atoms with Crippen molar-refractivity contribution in [1.29, 1.82) is 0 Å². The Bertz CT molecular complexity index is 662. The topological polar surface area (TPSA) is 81.8 Å². The summed E-state index contributed by atoms with van der Waals surface area (Å²) in [5.74, 6) is 0.122.